The van der Waals surface area contributed by atoms with E-state index in [9.17, 15) is 9.59 Å². The molecule has 0 aliphatic rings. The number of rotatable bonds is 6. The highest BCUT2D eigenvalue weighted by Crippen LogP contribution is 2.20. The third-order valence-corrected chi connectivity index (χ3v) is 3.39. The van der Waals surface area contributed by atoms with Gasteiger partial charge in [-0.3, -0.25) is 0 Å². The van der Waals surface area contributed by atoms with E-state index in [1.54, 1.807) is 6.07 Å². The Morgan fingerprint density at radius 1 is 1.00 bits per heavy atom. The summed E-state index contributed by atoms with van der Waals surface area (Å²) in [7, 11) is 1.31. The van der Waals surface area contributed by atoms with Gasteiger partial charge in [0.1, 0.15) is 11.5 Å². The molecule has 0 bridgehead atoms. The number of hydrogen-bond donors (Lipinski definition) is 0. The van der Waals surface area contributed by atoms with Crippen molar-refractivity contribution >= 4 is 11.9 Å². The van der Waals surface area contributed by atoms with E-state index in [4.69, 9.17) is 9.47 Å². The lowest BCUT2D eigenvalue weighted by Gasteiger charge is -2.10. The molecule has 5 nitrogen and oxygen atoms in total. The molecule has 2 aromatic rings. The van der Waals surface area contributed by atoms with Crippen LogP contribution >= 0.6 is 0 Å². The van der Waals surface area contributed by atoms with Crippen LogP contribution in [0.1, 0.15) is 35.7 Å². The second-order valence-corrected chi connectivity index (χ2v) is 5.51. The Morgan fingerprint density at radius 3 is 2.33 bits per heavy atom. The van der Waals surface area contributed by atoms with Crippen LogP contribution in [-0.4, -0.2) is 25.7 Å². The Hall–Kier alpha value is -2.82. The van der Waals surface area contributed by atoms with Crippen LogP contribution in [0.3, 0.4) is 0 Å². The average molecular weight is 328 g/mol. The third kappa shape index (κ3) is 4.84. The fourth-order valence-corrected chi connectivity index (χ4v) is 2.04. The lowest BCUT2D eigenvalue weighted by molar-refractivity contribution is -0.136. The molecular weight excluding hydrogens is 308 g/mol. The largest absolute Gasteiger partial charge is 0.482 e. The zero-order valence-electron chi connectivity index (χ0n) is 13.9. The van der Waals surface area contributed by atoms with Crippen molar-refractivity contribution < 1.29 is 23.8 Å². The van der Waals surface area contributed by atoms with E-state index in [0.717, 1.165) is 5.56 Å². The summed E-state index contributed by atoms with van der Waals surface area (Å²) in [5.41, 5.74) is 1.53. The molecule has 24 heavy (non-hydrogen) atoms. The van der Waals surface area contributed by atoms with E-state index in [2.05, 4.69) is 18.6 Å². The van der Waals surface area contributed by atoms with Crippen molar-refractivity contribution in [2.75, 3.05) is 13.7 Å². The monoisotopic (exact) mass is 328 g/mol. The topological polar surface area (TPSA) is 61.8 Å². The van der Waals surface area contributed by atoms with Crippen LogP contribution < -0.4 is 9.47 Å². The normalized spacial score (nSPS) is 10.3. The van der Waals surface area contributed by atoms with Crippen molar-refractivity contribution in [1.29, 1.82) is 0 Å². The van der Waals surface area contributed by atoms with Gasteiger partial charge in [-0.1, -0.05) is 26.0 Å². The molecule has 0 fully saturated rings. The first-order valence-electron chi connectivity index (χ1n) is 7.61. The van der Waals surface area contributed by atoms with Crippen molar-refractivity contribution in [3.8, 4) is 11.5 Å². The quantitative estimate of drug-likeness (QED) is 0.599. The van der Waals surface area contributed by atoms with Gasteiger partial charge in [-0.2, -0.15) is 0 Å². The van der Waals surface area contributed by atoms with Crippen LogP contribution in [0.2, 0.25) is 0 Å². The zero-order chi connectivity index (χ0) is 17.5. The van der Waals surface area contributed by atoms with E-state index < -0.39 is 11.9 Å². The van der Waals surface area contributed by atoms with E-state index in [1.807, 2.05) is 18.2 Å². The highest BCUT2D eigenvalue weighted by atomic mass is 16.6. The summed E-state index contributed by atoms with van der Waals surface area (Å²) in [6.45, 7) is 3.98. The summed E-state index contributed by atoms with van der Waals surface area (Å²) in [6, 6.07) is 13.7. The Labute approximate surface area is 141 Å². The van der Waals surface area contributed by atoms with Crippen LogP contribution in [0.4, 0.5) is 0 Å². The molecule has 0 spiro atoms. The predicted octanol–water partition coefficient (Wildman–Crippen LogP) is 3.58. The van der Waals surface area contributed by atoms with E-state index in [0.29, 0.717) is 23.0 Å². The number of carbonyl (C=O) groups excluding carboxylic acids is 2. The molecule has 0 saturated heterocycles. The van der Waals surface area contributed by atoms with E-state index >= 15 is 0 Å². The minimum atomic E-state index is -0.518. The molecule has 0 unspecified atom stereocenters. The lowest BCUT2D eigenvalue weighted by atomic mass is 10.0. The minimum absolute atomic E-state index is 0.194. The number of benzene rings is 2. The molecule has 0 aliphatic heterocycles. The molecule has 126 valence electrons. The van der Waals surface area contributed by atoms with Gasteiger partial charge in [0, 0.05) is 0 Å². The highest BCUT2D eigenvalue weighted by Gasteiger charge is 2.09. The second-order valence-electron chi connectivity index (χ2n) is 5.51. The van der Waals surface area contributed by atoms with Crippen molar-refractivity contribution in [1.82, 2.24) is 0 Å². The molecule has 2 aromatic carbocycles. The maximum absolute atomic E-state index is 11.8. The molecule has 0 aromatic heterocycles. The minimum Gasteiger partial charge on any atom is -0.482 e. The fraction of sp³-hybridized carbons (Fsp3) is 0.263. The molecule has 0 saturated carbocycles. The van der Waals surface area contributed by atoms with E-state index in [1.165, 1.54) is 31.4 Å². The van der Waals surface area contributed by atoms with Gasteiger partial charge in [-0.05, 0) is 47.9 Å². The molecule has 2 rings (SSSR count). The van der Waals surface area contributed by atoms with Gasteiger partial charge in [-0.15, -0.1) is 0 Å². The summed E-state index contributed by atoms with van der Waals surface area (Å²) in [5.74, 6) is 0.386. The molecule has 0 N–H and O–H groups in total. The summed E-state index contributed by atoms with van der Waals surface area (Å²) in [6.07, 6.45) is 0. The molecular formula is C19H20O5. The molecule has 0 amide bonds. The van der Waals surface area contributed by atoms with Crippen molar-refractivity contribution in [3.05, 3.63) is 59.7 Å². The van der Waals surface area contributed by atoms with E-state index in [-0.39, 0.29) is 6.61 Å². The number of esters is 2. The van der Waals surface area contributed by atoms with Gasteiger partial charge in [0.05, 0.1) is 12.7 Å². The van der Waals surface area contributed by atoms with Crippen molar-refractivity contribution in [2.24, 2.45) is 0 Å². The Kier molecular flexibility index (Phi) is 5.95. The smallest absolute Gasteiger partial charge is 0.349 e. The number of hydrogen-bond acceptors (Lipinski definition) is 5. The fourth-order valence-electron chi connectivity index (χ4n) is 2.04. The standard InChI is InChI=1S/C19H20O5/c1-13(2)15-5-4-6-17(11-15)23-12-18(20)24-16-9-7-14(8-10-16)19(21)22-3/h4-11,13H,12H2,1-3H3. The maximum atomic E-state index is 11.8. The lowest BCUT2D eigenvalue weighted by Crippen LogP contribution is -2.17. The van der Waals surface area contributed by atoms with Gasteiger partial charge in [-0.25, -0.2) is 9.59 Å². The summed E-state index contributed by atoms with van der Waals surface area (Å²) in [5, 5.41) is 0. The van der Waals surface area contributed by atoms with Gasteiger partial charge in [0.15, 0.2) is 6.61 Å². The Bertz CT molecular complexity index is 704. The number of ether oxygens (including phenoxy) is 3. The Balaban J connectivity index is 1.89. The van der Waals surface area contributed by atoms with Crippen LogP contribution in [0.15, 0.2) is 48.5 Å². The maximum Gasteiger partial charge on any atom is 0.349 e. The second kappa shape index (κ2) is 8.15. The zero-order valence-corrected chi connectivity index (χ0v) is 13.9. The first-order chi connectivity index (χ1) is 11.5. The molecule has 0 atom stereocenters. The molecule has 5 heteroatoms. The summed E-state index contributed by atoms with van der Waals surface area (Å²) >= 11 is 0. The highest BCUT2D eigenvalue weighted by molar-refractivity contribution is 5.89. The van der Waals surface area contributed by atoms with Crippen molar-refractivity contribution in [2.45, 2.75) is 19.8 Å². The van der Waals surface area contributed by atoms with Gasteiger partial charge in [0.2, 0.25) is 0 Å². The summed E-state index contributed by atoms with van der Waals surface area (Å²) < 4.78 is 15.2. The SMILES string of the molecule is COC(=O)c1ccc(OC(=O)COc2cccc(C(C)C)c2)cc1. The van der Waals surface area contributed by atoms with Gasteiger partial charge < -0.3 is 14.2 Å². The molecule has 0 aliphatic carbocycles. The number of carbonyl (C=O) groups is 2. The first-order valence-corrected chi connectivity index (χ1v) is 7.61. The first kappa shape index (κ1) is 17.5. The third-order valence-electron chi connectivity index (χ3n) is 3.39. The van der Waals surface area contributed by atoms with Gasteiger partial charge in [0.25, 0.3) is 0 Å². The van der Waals surface area contributed by atoms with Crippen LogP contribution in [0, 0.1) is 0 Å². The average Bonchev–Trinajstić information content (AvgIpc) is 2.60. The van der Waals surface area contributed by atoms with Gasteiger partial charge >= 0.3 is 11.9 Å². The van der Waals surface area contributed by atoms with Crippen molar-refractivity contribution in [3.63, 3.8) is 0 Å². The molecule has 0 heterocycles. The predicted molar refractivity (Wildman–Crippen MR) is 89.4 cm³/mol. The van der Waals surface area contributed by atoms with Crippen LogP contribution in [-0.2, 0) is 9.53 Å². The number of methoxy groups -OCH3 is 1. The Morgan fingerprint density at radius 2 is 1.71 bits per heavy atom. The van der Waals surface area contributed by atoms with Crippen LogP contribution in [0.5, 0.6) is 11.5 Å². The summed E-state index contributed by atoms with van der Waals surface area (Å²) in [4.78, 5) is 23.2. The molecule has 0 radical (unpaired) electrons. The van der Waals surface area contributed by atoms with Crippen LogP contribution in [0.25, 0.3) is 0 Å².